The quantitative estimate of drug-likeness (QED) is 0.710. The smallest absolute Gasteiger partial charge is 0.249 e. The van der Waals surface area contributed by atoms with Crippen molar-refractivity contribution in [3.63, 3.8) is 0 Å². The molecule has 2 aromatic carbocycles. The lowest BCUT2D eigenvalue weighted by atomic mass is 10.0. The Morgan fingerprint density at radius 3 is 1.09 bits per heavy atom. The second-order valence-corrected chi connectivity index (χ2v) is 9.17. The number of rotatable bonds is 2. The summed E-state index contributed by atoms with van der Waals surface area (Å²) < 4.78 is 0. The van der Waals surface area contributed by atoms with Gasteiger partial charge < -0.3 is 15.1 Å². The van der Waals surface area contributed by atoms with Gasteiger partial charge in [-0.3, -0.25) is 19.2 Å². The second-order valence-electron chi connectivity index (χ2n) is 9.17. The molecule has 0 saturated carbocycles. The van der Waals surface area contributed by atoms with Crippen LogP contribution in [0.1, 0.15) is 68.9 Å². The van der Waals surface area contributed by atoms with Crippen molar-refractivity contribution in [1.29, 1.82) is 0 Å². The van der Waals surface area contributed by atoms with Gasteiger partial charge in [0.05, 0.1) is 11.4 Å². The van der Waals surface area contributed by atoms with E-state index in [4.69, 9.17) is 0 Å². The van der Waals surface area contributed by atoms with Gasteiger partial charge in [0.15, 0.2) is 0 Å². The maximum absolute atomic E-state index is 11.2. The standard InChI is InChI=1S/2C10H13NO2.C5H11N/c2*1-7-8(10(13)9(7)12)11-5-3-2-4-6-11;1-2-4-6-5-3-1/h2*2-6H2,1H3;6H,1-5H2. The third kappa shape index (κ3) is 5.55. The Kier molecular flexibility index (Phi) is 8.79. The zero-order valence-electron chi connectivity index (χ0n) is 19.6. The summed E-state index contributed by atoms with van der Waals surface area (Å²) in [5.74, 6) is 0. The van der Waals surface area contributed by atoms with E-state index in [2.05, 4.69) is 15.1 Å². The van der Waals surface area contributed by atoms with E-state index in [1.807, 2.05) is 0 Å². The van der Waals surface area contributed by atoms with Crippen LogP contribution in [0.3, 0.4) is 0 Å². The lowest BCUT2D eigenvalue weighted by Crippen LogP contribution is -2.44. The maximum atomic E-state index is 11.2. The number of nitrogens with zero attached hydrogens (tertiary/aromatic N) is 2. The van der Waals surface area contributed by atoms with Crippen molar-refractivity contribution in [3.8, 4) is 0 Å². The van der Waals surface area contributed by atoms with Crippen LogP contribution in [0.25, 0.3) is 0 Å². The summed E-state index contributed by atoms with van der Waals surface area (Å²) in [6, 6.07) is 0. The van der Waals surface area contributed by atoms with Crippen LogP contribution in [0.2, 0.25) is 0 Å². The third-order valence-electron chi connectivity index (χ3n) is 6.79. The topological polar surface area (TPSA) is 86.8 Å². The molecule has 3 saturated heterocycles. The van der Waals surface area contributed by atoms with Gasteiger partial charge in [0.25, 0.3) is 0 Å². The van der Waals surface area contributed by atoms with Gasteiger partial charge in [-0.1, -0.05) is 6.42 Å². The molecule has 0 amide bonds. The normalized spacial score (nSPS) is 19.2. The lowest BCUT2D eigenvalue weighted by molar-refractivity contribution is 0.520. The fourth-order valence-electron chi connectivity index (χ4n) is 4.78. The molecule has 1 N–H and O–H groups in total. The first-order valence-corrected chi connectivity index (χ1v) is 12.2. The Hall–Kier alpha value is -2.28. The number of nitrogens with one attached hydrogen (secondary N) is 1. The number of piperidine rings is 3. The second kappa shape index (κ2) is 11.5. The molecule has 5 rings (SSSR count). The largest absolute Gasteiger partial charge is 0.368 e. The van der Waals surface area contributed by atoms with E-state index in [1.54, 1.807) is 13.8 Å². The zero-order chi connectivity index (χ0) is 23.1. The van der Waals surface area contributed by atoms with Crippen molar-refractivity contribution < 1.29 is 0 Å². The van der Waals surface area contributed by atoms with Crippen LogP contribution >= 0.6 is 0 Å². The van der Waals surface area contributed by atoms with Gasteiger partial charge in [0, 0.05) is 37.3 Å². The van der Waals surface area contributed by atoms with E-state index < -0.39 is 0 Å². The molecule has 7 heteroatoms. The van der Waals surface area contributed by atoms with Gasteiger partial charge in [-0.25, -0.2) is 0 Å². The molecule has 3 aliphatic heterocycles. The van der Waals surface area contributed by atoms with E-state index in [9.17, 15) is 19.2 Å². The van der Waals surface area contributed by atoms with Gasteiger partial charge in [-0.15, -0.1) is 0 Å². The predicted octanol–water partition coefficient (Wildman–Crippen LogP) is 1.92. The Bertz CT molecular complexity index is 923. The molecule has 3 heterocycles. The van der Waals surface area contributed by atoms with Crippen molar-refractivity contribution >= 4 is 11.4 Å². The van der Waals surface area contributed by atoms with Crippen molar-refractivity contribution in [2.24, 2.45) is 0 Å². The Morgan fingerprint density at radius 1 is 0.500 bits per heavy atom. The molecule has 0 bridgehead atoms. The maximum Gasteiger partial charge on any atom is 0.249 e. The molecule has 0 atom stereocenters. The molecule has 0 aliphatic carbocycles. The van der Waals surface area contributed by atoms with Gasteiger partial charge in [0.1, 0.15) is 0 Å². The predicted molar refractivity (Wildman–Crippen MR) is 131 cm³/mol. The average Bonchev–Trinajstić information content (AvgIpc) is 2.87. The molecule has 7 nitrogen and oxygen atoms in total. The molecule has 3 fully saturated rings. The molecule has 3 aliphatic rings. The van der Waals surface area contributed by atoms with Gasteiger partial charge >= 0.3 is 0 Å². The molecule has 0 radical (unpaired) electrons. The molecule has 0 spiro atoms. The van der Waals surface area contributed by atoms with Crippen LogP contribution in [0.4, 0.5) is 11.4 Å². The van der Waals surface area contributed by atoms with Crippen molar-refractivity contribution in [2.45, 2.75) is 71.6 Å². The highest BCUT2D eigenvalue weighted by Gasteiger charge is 2.24. The Balaban J connectivity index is 0.000000145. The summed E-state index contributed by atoms with van der Waals surface area (Å²) in [5.41, 5.74) is 1.55. The van der Waals surface area contributed by atoms with Crippen molar-refractivity contribution in [3.05, 3.63) is 52.0 Å². The molecular formula is C25H37N3O4. The molecule has 176 valence electrons. The minimum absolute atomic E-state index is 0.278. The first-order valence-electron chi connectivity index (χ1n) is 12.2. The summed E-state index contributed by atoms with van der Waals surface area (Å²) in [6.45, 7) is 9.73. The van der Waals surface area contributed by atoms with E-state index in [0.29, 0.717) is 22.5 Å². The van der Waals surface area contributed by atoms with Crippen LogP contribution in [0.5, 0.6) is 0 Å². The van der Waals surface area contributed by atoms with E-state index in [-0.39, 0.29) is 21.7 Å². The Morgan fingerprint density at radius 2 is 0.844 bits per heavy atom. The highest BCUT2D eigenvalue weighted by molar-refractivity contribution is 5.58. The highest BCUT2D eigenvalue weighted by Crippen LogP contribution is 2.19. The molecule has 0 unspecified atom stereocenters. The number of anilines is 2. The van der Waals surface area contributed by atoms with E-state index in [0.717, 1.165) is 51.9 Å². The average molecular weight is 444 g/mol. The van der Waals surface area contributed by atoms with Crippen LogP contribution in [0.15, 0.2) is 19.2 Å². The van der Waals surface area contributed by atoms with Crippen LogP contribution < -0.4 is 36.8 Å². The van der Waals surface area contributed by atoms with E-state index >= 15 is 0 Å². The summed E-state index contributed by atoms with van der Waals surface area (Å²) in [5, 5.41) is 3.28. The van der Waals surface area contributed by atoms with Gasteiger partial charge in [-0.05, 0) is 78.3 Å². The molecule has 2 aromatic rings. The van der Waals surface area contributed by atoms with Crippen molar-refractivity contribution in [2.75, 3.05) is 49.1 Å². The minimum atomic E-state index is -0.291. The summed E-state index contributed by atoms with van der Waals surface area (Å²) in [4.78, 5) is 48.5. The van der Waals surface area contributed by atoms with Gasteiger partial charge in [-0.2, -0.15) is 0 Å². The monoisotopic (exact) mass is 443 g/mol. The first kappa shape index (κ1) is 24.4. The van der Waals surface area contributed by atoms with E-state index in [1.165, 1.54) is 45.2 Å². The zero-order valence-corrected chi connectivity index (χ0v) is 19.6. The minimum Gasteiger partial charge on any atom is -0.368 e. The summed E-state index contributed by atoms with van der Waals surface area (Å²) >= 11 is 0. The lowest BCUT2D eigenvalue weighted by Gasteiger charge is -2.30. The molecular weight excluding hydrogens is 406 g/mol. The fraction of sp³-hybridized carbons (Fsp3) is 0.680. The number of hydrogen-bond acceptors (Lipinski definition) is 7. The van der Waals surface area contributed by atoms with Crippen LogP contribution in [-0.4, -0.2) is 39.3 Å². The highest BCUT2D eigenvalue weighted by atomic mass is 16.2. The van der Waals surface area contributed by atoms with Gasteiger partial charge in [0.2, 0.25) is 21.7 Å². The van der Waals surface area contributed by atoms with Crippen LogP contribution in [0, 0.1) is 13.8 Å². The number of hydrogen-bond donors (Lipinski definition) is 1. The van der Waals surface area contributed by atoms with Crippen molar-refractivity contribution in [1.82, 2.24) is 5.32 Å². The molecule has 0 aromatic heterocycles. The first-order chi connectivity index (χ1) is 15.4. The summed E-state index contributed by atoms with van der Waals surface area (Å²) in [7, 11) is 0. The Labute approximate surface area is 189 Å². The fourth-order valence-corrected chi connectivity index (χ4v) is 4.78. The molecule has 32 heavy (non-hydrogen) atoms. The third-order valence-corrected chi connectivity index (χ3v) is 6.79. The summed E-state index contributed by atoms with van der Waals surface area (Å²) in [6.07, 6.45) is 11.2. The van der Waals surface area contributed by atoms with Crippen LogP contribution in [-0.2, 0) is 0 Å². The SMILES string of the molecule is C1CCNCC1.Cc1c(N2CCCCC2)c(=O)c1=O.Cc1c(N2CCCCC2)c(=O)c1=O.